The molecule has 2 aromatic heterocycles. The Hall–Kier alpha value is -3.71. The number of fused-ring (bicyclic) bond motifs is 1. The molecule has 0 radical (unpaired) electrons. The summed E-state index contributed by atoms with van der Waals surface area (Å²) in [5, 5.41) is 11.8. The lowest BCUT2D eigenvalue weighted by molar-refractivity contribution is 0.251. The second kappa shape index (κ2) is 8.75. The average molecular weight is 420 g/mol. The molecule has 2 aromatic carbocycles. The van der Waals surface area contributed by atoms with Gasteiger partial charge in [-0.3, -0.25) is 9.78 Å². The number of rotatable bonds is 5. The number of urea groups is 1. The van der Waals surface area contributed by atoms with Gasteiger partial charge in [0, 0.05) is 22.3 Å². The highest BCUT2D eigenvalue weighted by Gasteiger charge is 2.12. The molecule has 7 nitrogen and oxygen atoms in total. The van der Waals surface area contributed by atoms with E-state index in [1.807, 2.05) is 30.3 Å². The van der Waals surface area contributed by atoms with Crippen LogP contribution in [-0.4, -0.2) is 20.8 Å². The molecule has 0 aliphatic carbocycles. The number of nitrogens with zero attached hydrogens (tertiary/aromatic N) is 3. The SMILES string of the molecule is O=C(NCc1nn(Cc2ccccn2)c(=O)c2ccccc12)Nc1ccc(Cl)cc1. The number of halogens is 1. The predicted octanol–water partition coefficient (Wildman–Crippen LogP) is 3.81. The molecule has 4 rings (SSSR count). The van der Waals surface area contributed by atoms with E-state index < -0.39 is 0 Å². The molecule has 0 fully saturated rings. The normalized spacial score (nSPS) is 10.7. The van der Waals surface area contributed by atoms with Crippen LogP contribution in [0.1, 0.15) is 11.4 Å². The van der Waals surface area contributed by atoms with Crippen molar-refractivity contribution in [3.63, 3.8) is 0 Å². The van der Waals surface area contributed by atoms with Gasteiger partial charge in [0.05, 0.1) is 29.9 Å². The van der Waals surface area contributed by atoms with Crippen LogP contribution < -0.4 is 16.2 Å². The number of carbonyl (C=O) groups is 1. The lowest BCUT2D eigenvalue weighted by atomic mass is 10.1. The van der Waals surface area contributed by atoms with Gasteiger partial charge in [0.15, 0.2) is 0 Å². The molecule has 0 spiro atoms. The Morgan fingerprint density at radius 2 is 1.70 bits per heavy atom. The summed E-state index contributed by atoms with van der Waals surface area (Å²) >= 11 is 5.86. The Morgan fingerprint density at radius 3 is 2.43 bits per heavy atom. The van der Waals surface area contributed by atoms with Crippen LogP contribution in [-0.2, 0) is 13.1 Å². The zero-order valence-electron chi connectivity index (χ0n) is 15.9. The van der Waals surface area contributed by atoms with E-state index >= 15 is 0 Å². The summed E-state index contributed by atoms with van der Waals surface area (Å²) < 4.78 is 1.37. The molecule has 0 unspecified atom stereocenters. The second-order valence-corrected chi connectivity index (χ2v) is 7.03. The largest absolute Gasteiger partial charge is 0.332 e. The van der Waals surface area contributed by atoms with E-state index in [9.17, 15) is 9.59 Å². The smallest absolute Gasteiger partial charge is 0.319 e. The number of anilines is 1. The van der Waals surface area contributed by atoms with Crippen molar-refractivity contribution in [1.29, 1.82) is 0 Å². The number of amides is 2. The summed E-state index contributed by atoms with van der Waals surface area (Å²) in [6, 6.07) is 19.2. The van der Waals surface area contributed by atoms with Crippen LogP contribution in [0.3, 0.4) is 0 Å². The highest BCUT2D eigenvalue weighted by atomic mass is 35.5. The van der Waals surface area contributed by atoms with Gasteiger partial charge in [-0.25, -0.2) is 9.48 Å². The van der Waals surface area contributed by atoms with Gasteiger partial charge in [-0.1, -0.05) is 35.9 Å². The Bertz CT molecular complexity index is 1240. The van der Waals surface area contributed by atoms with Crippen LogP contribution in [0.4, 0.5) is 10.5 Å². The third kappa shape index (κ3) is 4.47. The van der Waals surface area contributed by atoms with Crippen molar-refractivity contribution >= 4 is 34.1 Å². The molecule has 0 atom stereocenters. The van der Waals surface area contributed by atoms with Crippen LogP contribution in [0.2, 0.25) is 5.02 Å². The first-order chi connectivity index (χ1) is 14.6. The first-order valence-electron chi connectivity index (χ1n) is 9.29. The van der Waals surface area contributed by atoms with Crippen LogP contribution >= 0.6 is 11.6 Å². The van der Waals surface area contributed by atoms with Gasteiger partial charge in [0.25, 0.3) is 5.56 Å². The van der Waals surface area contributed by atoms with E-state index in [2.05, 4.69) is 20.7 Å². The molecule has 4 aromatic rings. The van der Waals surface area contributed by atoms with E-state index in [0.717, 1.165) is 5.69 Å². The standard InChI is InChI=1S/C22H18ClN5O2/c23-15-8-10-16(11-9-15)26-22(30)25-13-20-18-6-1-2-7-19(18)21(29)28(27-20)14-17-5-3-4-12-24-17/h1-12H,13-14H2,(H2,25,26,30). The molecule has 0 bridgehead atoms. The summed E-state index contributed by atoms with van der Waals surface area (Å²) in [6.07, 6.45) is 1.67. The number of hydrogen-bond acceptors (Lipinski definition) is 4. The van der Waals surface area contributed by atoms with Gasteiger partial charge in [-0.05, 0) is 42.5 Å². The highest BCUT2D eigenvalue weighted by molar-refractivity contribution is 6.30. The van der Waals surface area contributed by atoms with Crippen LogP contribution in [0.15, 0.2) is 77.7 Å². The Morgan fingerprint density at radius 1 is 0.967 bits per heavy atom. The predicted molar refractivity (Wildman–Crippen MR) is 117 cm³/mol. The van der Waals surface area contributed by atoms with E-state index in [1.54, 1.807) is 42.6 Å². The van der Waals surface area contributed by atoms with Gasteiger partial charge in [-0.15, -0.1) is 0 Å². The summed E-state index contributed by atoms with van der Waals surface area (Å²) in [5.41, 5.74) is 1.73. The monoisotopic (exact) mass is 419 g/mol. The molecule has 0 saturated heterocycles. The van der Waals surface area contributed by atoms with Gasteiger partial charge in [0.1, 0.15) is 0 Å². The maximum absolute atomic E-state index is 12.9. The summed E-state index contributed by atoms with van der Waals surface area (Å²) in [6.45, 7) is 0.400. The Balaban J connectivity index is 1.58. The molecule has 0 saturated carbocycles. The fourth-order valence-corrected chi connectivity index (χ4v) is 3.19. The van der Waals surface area contributed by atoms with Crippen molar-refractivity contribution < 1.29 is 4.79 Å². The number of pyridine rings is 1. The minimum Gasteiger partial charge on any atom is -0.332 e. The Labute approximate surface area is 177 Å². The minimum absolute atomic E-state index is 0.155. The topological polar surface area (TPSA) is 88.9 Å². The molecule has 30 heavy (non-hydrogen) atoms. The number of aromatic nitrogens is 3. The number of carbonyl (C=O) groups excluding carboxylic acids is 1. The first kappa shape index (κ1) is 19.6. The van der Waals surface area contributed by atoms with Gasteiger partial charge >= 0.3 is 6.03 Å². The molecule has 2 N–H and O–H groups in total. The summed E-state index contributed by atoms with van der Waals surface area (Å²) in [5.74, 6) is 0. The minimum atomic E-state index is -0.384. The lowest BCUT2D eigenvalue weighted by Crippen LogP contribution is -2.31. The zero-order chi connectivity index (χ0) is 20.9. The first-order valence-corrected chi connectivity index (χ1v) is 9.67. The molecule has 2 amide bonds. The van der Waals surface area contributed by atoms with Crippen molar-refractivity contribution in [3.05, 3.63) is 99.7 Å². The van der Waals surface area contributed by atoms with Crippen molar-refractivity contribution in [2.75, 3.05) is 5.32 Å². The molecule has 150 valence electrons. The third-order valence-corrected chi connectivity index (χ3v) is 4.75. The highest BCUT2D eigenvalue weighted by Crippen LogP contribution is 2.15. The second-order valence-electron chi connectivity index (χ2n) is 6.59. The van der Waals surface area contributed by atoms with E-state index in [-0.39, 0.29) is 24.7 Å². The van der Waals surface area contributed by atoms with Gasteiger partial charge in [-0.2, -0.15) is 5.10 Å². The zero-order valence-corrected chi connectivity index (χ0v) is 16.6. The van der Waals surface area contributed by atoms with Crippen molar-refractivity contribution in [2.45, 2.75) is 13.1 Å². The fourth-order valence-electron chi connectivity index (χ4n) is 3.06. The van der Waals surface area contributed by atoms with Crippen LogP contribution in [0, 0.1) is 0 Å². The van der Waals surface area contributed by atoms with Crippen molar-refractivity contribution in [1.82, 2.24) is 20.1 Å². The Kier molecular flexibility index (Phi) is 5.72. The summed E-state index contributed by atoms with van der Waals surface area (Å²) in [7, 11) is 0. The number of benzene rings is 2. The molecule has 8 heteroatoms. The summed E-state index contributed by atoms with van der Waals surface area (Å²) in [4.78, 5) is 29.4. The lowest BCUT2D eigenvalue weighted by Gasteiger charge is -2.12. The van der Waals surface area contributed by atoms with Crippen molar-refractivity contribution in [2.24, 2.45) is 0 Å². The van der Waals surface area contributed by atoms with Crippen LogP contribution in [0.5, 0.6) is 0 Å². The quantitative estimate of drug-likeness (QED) is 0.514. The van der Waals surface area contributed by atoms with Crippen molar-refractivity contribution in [3.8, 4) is 0 Å². The number of hydrogen-bond donors (Lipinski definition) is 2. The maximum atomic E-state index is 12.9. The van der Waals surface area contributed by atoms with E-state index in [0.29, 0.717) is 27.2 Å². The molecular formula is C22H18ClN5O2. The van der Waals surface area contributed by atoms with Crippen LogP contribution in [0.25, 0.3) is 10.8 Å². The fraction of sp³-hybridized carbons (Fsp3) is 0.0909. The maximum Gasteiger partial charge on any atom is 0.319 e. The molecule has 0 aliphatic heterocycles. The molecule has 2 heterocycles. The molecule has 0 aliphatic rings. The van der Waals surface area contributed by atoms with E-state index in [1.165, 1.54) is 4.68 Å². The van der Waals surface area contributed by atoms with E-state index in [4.69, 9.17) is 11.6 Å². The van der Waals surface area contributed by atoms with Gasteiger partial charge < -0.3 is 10.6 Å². The molecular weight excluding hydrogens is 402 g/mol. The average Bonchev–Trinajstić information content (AvgIpc) is 2.77. The third-order valence-electron chi connectivity index (χ3n) is 4.50. The number of nitrogens with one attached hydrogen (secondary N) is 2. The van der Waals surface area contributed by atoms with Gasteiger partial charge in [0.2, 0.25) is 0 Å².